The van der Waals surface area contributed by atoms with Gasteiger partial charge in [0.1, 0.15) is 5.82 Å². The second kappa shape index (κ2) is 6.66. The van der Waals surface area contributed by atoms with Gasteiger partial charge in [-0.25, -0.2) is 4.39 Å². The highest BCUT2D eigenvalue weighted by atomic mass is 19.1. The molecule has 2 aromatic rings. The van der Waals surface area contributed by atoms with E-state index in [0.717, 1.165) is 29.8 Å². The van der Waals surface area contributed by atoms with Crippen LogP contribution in [0.25, 0.3) is 0 Å². The summed E-state index contributed by atoms with van der Waals surface area (Å²) in [6, 6.07) is 10.5. The van der Waals surface area contributed by atoms with Crippen molar-refractivity contribution in [3.63, 3.8) is 0 Å². The molecule has 0 aromatic heterocycles. The average Bonchev–Trinajstić information content (AvgIpc) is 3.01. The minimum absolute atomic E-state index is 0.204. The maximum absolute atomic E-state index is 12.8. The van der Waals surface area contributed by atoms with E-state index in [4.69, 9.17) is 14.2 Å². The van der Waals surface area contributed by atoms with Gasteiger partial charge < -0.3 is 19.5 Å². The van der Waals surface area contributed by atoms with Crippen molar-refractivity contribution in [1.82, 2.24) is 5.32 Å². The zero-order valence-corrected chi connectivity index (χ0v) is 12.4. The molecule has 2 aromatic carbocycles. The third-order valence-electron chi connectivity index (χ3n) is 3.55. The molecule has 1 heterocycles. The molecule has 1 N–H and O–H groups in total. The molecule has 4 nitrogen and oxygen atoms in total. The van der Waals surface area contributed by atoms with E-state index < -0.39 is 0 Å². The fourth-order valence-corrected chi connectivity index (χ4v) is 2.40. The molecule has 0 saturated heterocycles. The molecule has 0 radical (unpaired) electrons. The average molecular weight is 303 g/mol. The minimum atomic E-state index is -0.204. The van der Waals surface area contributed by atoms with Gasteiger partial charge in [0, 0.05) is 6.54 Å². The van der Waals surface area contributed by atoms with Gasteiger partial charge in [-0.3, -0.25) is 0 Å². The van der Waals surface area contributed by atoms with E-state index >= 15 is 0 Å². The highest BCUT2D eigenvalue weighted by molar-refractivity contribution is 5.55. The predicted octanol–water partition coefficient (Wildman–Crippen LogP) is 2.90. The molecule has 1 aliphatic heterocycles. The Morgan fingerprint density at radius 3 is 2.73 bits per heavy atom. The van der Waals surface area contributed by atoms with Gasteiger partial charge in [0.05, 0.1) is 7.11 Å². The molecular formula is C17H18FNO3. The summed E-state index contributed by atoms with van der Waals surface area (Å²) >= 11 is 0. The SMILES string of the molecule is COc1cc(CNCCc2ccc(F)cc2)cc2c1OCO2. The van der Waals surface area contributed by atoms with E-state index in [1.807, 2.05) is 12.1 Å². The standard InChI is InChI=1S/C17H18FNO3/c1-20-15-8-13(9-16-17(15)22-11-21-16)10-19-7-6-12-2-4-14(18)5-3-12/h2-5,8-9,19H,6-7,10-11H2,1H3. The molecule has 0 atom stereocenters. The van der Waals surface area contributed by atoms with Gasteiger partial charge in [-0.1, -0.05) is 12.1 Å². The summed E-state index contributed by atoms with van der Waals surface area (Å²) < 4.78 is 28.9. The van der Waals surface area contributed by atoms with Crippen LogP contribution in [0, 0.1) is 5.82 Å². The van der Waals surface area contributed by atoms with E-state index in [-0.39, 0.29) is 12.6 Å². The number of hydrogen-bond donors (Lipinski definition) is 1. The summed E-state index contributed by atoms with van der Waals surface area (Å²) in [5.74, 6) is 1.86. The zero-order valence-electron chi connectivity index (χ0n) is 12.4. The van der Waals surface area contributed by atoms with Gasteiger partial charge in [0.25, 0.3) is 0 Å². The van der Waals surface area contributed by atoms with Crippen LogP contribution in [0.3, 0.4) is 0 Å². The summed E-state index contributed by atoms with van der Waals surface area (Å²) in [5.41, 5.74) is 2.18. The Bertz CT molecular complexity index is 643. The smallest absolute Gasteiger partial charge is 0.231 e. The first-order valence-corrected chi connectivity index (χ1v) is 7.18. The van der Waals surface area contributed by atoms with E-state index in [1.54, 1.807) is 19.2 Å². The normalized spacial score (nSPS) is 12.5. The fraction of sp³-hybridized carbons (Fsp3) is 0.294. The van der Waals surface area contributed by atoms with Crippen molar-refractivity contribution in [2.75, 3.05) is 20.4 Å². The van der Waals surface area contributed by atoms with Gasteiger partial charge in [0.2, 0.25) is 12.5 Å². The Hall–Kier alpha value is -2.27. The van der Waals surface area contributed by atoms with Crippen molar-refractivity contribution in [1.29, 1.82) is 0 Å². The summed E-state index contributed by atoms with van der Waals surface area (Å²) in [4.78, 5) is 0. The van der Waals surface area contributed by atoms with Crippen molar-refractivity contribution in [3.8, 4) is 17.2 Å². The highest BCUT2D eigenvalue weighted by Gasteiger charge is 2.19. The number of hydrogen-bond acceptors (Lipinski definition) is 4. The molecule has 0 unspecified atom stereocenters. The molecule has 0 spiro atoms. The second-order valence-corrected chi connectivity index (χ2v) is 5.09. The summed E-state index contributed by atoms with van der Waals surface area (Å²) in [5, 5.41) is 3.36. The largest absolute Gasteiger partial charge is 0.493 e. The molecule has 0 saturated carbocycles. The molecule has 0 fully saturated rings. The Morgan fingerprint density at radius 1 is 1.14 bits per heavy atom. The van der Waals surface area contributed by atoms with Crippen LogP contribution in [0.15, 0.2) is 36.4 Å². The van der Waals surface area contributed by atoms with Crippen LogP contribution in [0.1, 0.15) is 11.1 Å². The third-order valence-corrected chi connectivity index (χ3v) is 3.55. The van der Waals surface area contributed by atoms with Crippen molar-refractivity contribution in [3.05, 3.63) is 53.3 Å². The molecule has 0 amide bonds. The maximum Gasteiger partial charge on any atom is 0.231 e. The monoisotopic (exact) mass is 303 g/mol. The van der Waals surface area contributed by atoms with Crippen LogP contribution >= 0.6 is 0 Å². The van der Waals surface area contributed by atoms with Gasteiger partial charge in [0.15, 0.2) is 11.5 Å². The lowest BCUT2D eigenvalue weighted by Crippen LogP contribution is -2.16. The van der Waals surface area contributed by atoms with Crippen molar-refractivity contribution >= 4 is 0 Å². The van der Waals surface area contributed by atoms with Gasteiger partial charge in [-0.2, -0.15) is 0 Å². The Kier molecular flexibility index (Phi) is 4.44. The number of benzene rings is 2. The van der Waals surface area contributed by atoms with E-state index in [2.05, 4.69) is 5.32 Å². The molecule has 0 bridgehead atoms. The van der Waals surface area contributed by atoms with Crippen molar-refractivity contribution < 1.29 is 18.6 Å². The first kappa shape index (κ1) is 14.7. The summed E-state index contributed by atoms with van der Waals surface area (Å²) in [7, 11) is 1.61. The van der Waals surface area contributed by atoms with E-state index in [9.17, 15) is 4.39 Å². The van der Waals surface area contributed by atoms with Crippen molar-refractivity contribution in [2.24, 2.45) is 0 Å². The lowest BCUT2D eigenvalue weighted by atomic mass is 10.1. The molecule has 3 rings (SSSR count). The fourth-order valence-electron chi connectivity index (χ4n) is 2.40. The van der Waals surface area contributed by atoms with E-state index in [1.165, 1.54) is 12.1 Å². The molecular weight excluding hydrogens is 285 g/mol. The topological polar surface area (TPSA) is 39.7 Å². The lowest BCUT2D eigenvalue weighted by Gasteiger charge is -2.09. The first-order valence-electron chi connectivity index (χ1n) is 7.18. The van der Waals surface area contributed by atoms with Crippen LogP contribution in [-0.4, -0.2) is 20.4 Å². The molecule has 5 heteroatoms. The van der Waals surface area contributed by atoms with Crippen LogP contribution in [0.5, 0.6) is 17.2 Å². The number of rotatable bonds is 6. The number of halogens is 1. The number of ether oxygens (including phenoxy) is 3. The van der Waals surface area contributed by atoms with Crippen LogP contribution in [0.2, 0.25) is 0 Å². The quantitative estimate of drug-likeness (QED) is 0.833. The van der Waals surface area contributed by atoms with E-state index in [0.29, 0.717) is 18.0 Å². The molecule has 22 heavy (non-hydrogen) atoms. The zero-order chi connectivity index (χ0) is 15.4. The summed E-state index contributed by atoms with van der Waals surface area (Å²) in [6.07, 6.45) is 0.849. The summed E-state index contributed by atoms with van der Waals surface area (Å²) in [6.45, 7) is 1.74. The number of fused-ring (bicyclic) bond motifs is 1. The number of nitrogens with one attached hydrogen (secondary N) is 1. The Balaban J connectivity index is 1.54. The first-order chi connectivity index (χ1) is 10.8. The van der Waals surface area contributed by atoms with Gasteiger partial charge in [-0.15, -0.1) is 0 Å². The molecule has 116 valence electrons. The Labute approximate surface area is 128 Å². The van der Waals surface area contributed by atoms with Crippen LogP contribution < -0.4 is 19.5 Å². The maximum atomic E-state index is 12.8. The lowest BCUT2D eigenvalue weighted by molar-refractivity contribution is 0.171. The van der Waals surface area contributed by atoms with Crippen LogP contribution in [0.4, 0.5) is 4.39 Å². The number of methoxy groups -OCH3 is 1. The predicted molar refractivity (Wildman–Crippen MR) is 80.9 cm³/mol. The van der Waals surface area contributed by atoms with Crippen molar-refractivity contribution in [2.45, 2.75) is 13.0 Å². The molecule has 0 aliphatic carbocycles. The van der Waals surface area contributed by atoms with Gasteiger partial charge in [-0.05, 0) is 48.4 Å². The van der Waals surface area contributed by atoms with Gasteiger partial charge >= 0.3 is 0 Å². The minimum Gasteiger partial charge on any atom is -0.493 e. The highest BCUT2D eigenvalue weighted by Crippen LogP contribution is 2.41. The van der Waals surface area contributed by atoms with Crippen LogP contribution in [-0.2, 0) is 13.0 Å². The second-order valence-electron chi connectivity index (χ2n) is 5.09. The Morgan fingerprint density at radius 2 is 1.95 bits per heavy atom. The third kappa shape index (κ3) is 3.31. The molecule has 1 aliphatic rings.